The number of carbonyl (C=O) groups is 1. The molecule has 1 aromatic carbocycles. The second-order valence-corrected chi connectivity index (χ2v) is 4.09. The second kappa shape index (κ2) is 9.49. The second-order valence-electron chi connectivity index (χ2n) is 3.23. The van der Waals surface area contributed by atoms with Crippen LogP contribution in [0.3, 0.4) is 0 Å². The molecule has 6 heteroatoms. The van der Waals surface area contributed by atoms with Crippen LogP contribution in [0.2, 0.25) is 0 Å². The Morgan fingerprint density at radius 3 is 2.58 bits per heavy atom. The number of hydrogen-bond donors (Lipinski definition) is 2. The highest BCUT2D eigenvalue weighted by Gasteiger charge is 2.08. The molecule has 1 aromatic rings. The normalized spacial score (nSPS) is 9.11. The van der Waals surface area contributed by atoms with Crippen molar-refractivity contribution >= 4 is 33.3 Å². The van der Waals surface area contributed by atoms with Gasteiger partial charge in [-0.3, -0.25) is 4.79 Å². The summed E-state index contributed by atoms with van der Waals surface area (Å²) in [5, 5.41) is 2.90. The van der Waals surface area contributed by atoms with Crippen LogP contribution < -0.4 is 15.8 Å². The molecule has 0 aliphatic rings. The van der Waals surface area contributed by atoms with Crippen molar-refractivity contribution in [2.24, 2.45) is 0 Å². The molecule has 0 amide bonds. The molecule has 0 spiro atoms. The fraction of sp³-hybridized carbons (Fsp3) is 0.462. The van der Waals surface area contributed by atoms with E-state index in [9.17, 15) is 4.79 Å². The first-order valence-electron chi connectivity index (χ1n) is 6.11. The van der Waals surface area contributed by atoms with Crippen LogP contribution in [0, 0.1) is 0 Å². The van der Waals surface area contributed by atoms with Crippen LogP contribution in [-0.4, -0.2) is 26.2 Å². The van der Waals surface area contributed by atoms with Gasteiger partial charge in [0.2, 0.25) is 0 Å². The zero-order valence-electron chi connectivity index (χ0n) is 11.7. The highest BCUT2D eigenvalue weighted by molar-refractivity contribution is 9.10. The SMILES string of the molecule is CC.CCOC(=O)CNc1cc(Br)c(OC)cc1N. The standard InChI is InChI=1S/C11H15BrN2O3.C2H6/c1-3-17-11(15)6-14-9-4-7(12)10(16-2)5-8(9)13;1-2/h4-5,14H,3,6,13H2,1-2H3;1-2H3. The Bertz CT molecular complexity index is 411. The van der Waals surface area contributed by atoms with Crippen molar-refractivity contribution in [3.05, 3.63) is 16.6 Å². The van der Waals surface area contributed by atoms with E-state index in [-0.39, 0.29) is 12.5 Å². The zero-order valence-corrected chi connectivity index (χ0v) is 13.3. The number of hydrogen-bond acceptors (Lipinski definition) is 5. The summed E-state index contributed by atoms with van der Waals surface area (Å²) in [6.45, 7) is 6.20. The van der Waals surface area contributed by atoms with Crippen molar-refractivity contribution in [3.8, 4) is 5.75 Å². The first kappa shape index (κ1) is 17.6. The summed E-state index contributed by atoms with van der Waals surface area (Å²) >= 11 is 3.34. The van der Waals surface area contributed by atoms with Crippen molar-refractivity contribution in [2.45, 2.75) is 20.8 Å². The smallest absolute Gasteiger partial charge is 0.325 e. The third kappa shape index (κ3) is 5.83. The first-order valence-corrected chi connectivity index (χ1v) is 6.90. The summed E-state index contributed by atoms with van der Waals surface area (Å²) in [6.07, 6.45) is 0. The molecule has 19 heavy (non-hydrogen) atoms. The quantitative estimate of drug-likeness (QED) is 0.640. The van der Waals surface area contributed by atoms with E-state index in [1.165, 1.54) is 0 Å². The van der Waals surface area contributed by atoms with E-state index in [0.717, 1.165) is 4.47 Å². The number of nitrogens with one attached hydrogen (secondary N) is 1. The van der Waals surface area contributed by atoms with E-state index in [4.69, 9.17) is 15.2 Å². The van der Waals surface area contributed by atoms with Crippen LogP contribution in [0.25, 0.3) is 0 Å². The molecule has 0 heterocycles. The molecule has 0 bridgehead atoms. The summed E-state index contributed by atoms with van der Waals surface area (Å²) in [4.78, 5) is 11.2. The van der Waals surface area contributed by atoms with Gasteiger partial charge in [0.25, 0.3) is 0 Å². The lowest BCUT2D eigenvalue weighted by molar-refractivity contribution is -0.140. The predicted molar refractivity (Wildman–Crippen MR) is 81.6 cm³/mol. The third-order valence-corrected chi connectivity index (χ3v) is 2.67. The number of esters is 1. The molecule has 0 saturated heterocycles. The number of anilines is 2. The highest BCUT2D eigenvalue weighted by atomic mass is 79.9. The molecule has 0 aliphatic heterocycles. The number of methoxy groups -OCH3 is 1. The van der Waals surface area contributed by atoms with Gasteiger partial charge in [-0.25, -0.2) is 0 Å². The van der Waals surface area contributed by atoms with Gasteiger partial charge >= 0.3 is 5.97 Å². The van der Waals surface area contributed by atoms with Crippen LogP contribution >= 0.6 is 15.9 Å². The molecular formula is C13H21BrN2O3. The Balaban J connectivity index is 0.00000154. The lowest BCUT2D eigenvalue weighted by Crippen LogP contribution is -2.17. The van der Waals surface area contributed by atoms with Gasteiger partial charge in [0.15, 0.2) is 0 Å². The molecule has 1 rings (SSSR count). The van der Waals surface area contributed by atoms with E-state index in [0.29, 0.717) is 23.7 Å². The lowest BCUT2D eigenvalue weighted by Gasteiger charge is -2.11. The summed E-state index contributed by atoms with van der Waals surface area (Å²) in [5.74, 6) is 0.322. The average molecular weight is 333 g/mol. The first-order chi connectivity index (χ1) is 9.08. The maximum absolute atomic E-state index is 11.2. The van der Waals surface area contributed by atoms with Gasteiger partial charge in [0, 0.05) is 6.07 Å². The highest BCUT2D eigenvalue weighted by Crippen LogP contribution is 2.32. The average Bonchev–Trinajstić information content (AvgIpc) is 2.42. The zero-order chi connectivity index (χ0) is 14.8. The number of benzene rings is 1. The minimum atomic E-state index is -0.321. The number of nitrogens with two attached hydrogens (primary N) is 1. The minimum Gasteiger partial charge on any atom is -0.495 e. The molecule has 3 N–H and O–H groups in total. The van der Waals surface area contributed by atoms with Gasteiger partial charge in [0.1, 0.15) is 12.3 Å². The van der Waals surface area contributed by atoms with Gasteiger partial charge in [-0.2, -0.15) is 0 Å². The molecule has 0 fully saturated rings. The van der Waals surface area contributed by atoms with E-state index in [1.54, 1.807) is 26.2 Å². The fourth-order valence-electron chi connectivity index (χ4n) is 1.26. The number of ether oxygens (including phenoxy) is 2. The maximum Gasteiger partial charge on any atom is 0.325 e. The predicted octanol–water partition coefficient (Wildman–Crippen LogP) is 3.04. The van der Waals surface area contributed by atoms with E-state index in [2.05, 4.69) is 21.2 Å². The maximum atomic E-state index is 11.2. The van der Waals surface area contributed by atoms with Gasteiger partial charge in [-0.05, 0) is 28.9 Å². The summed E-state index contributed by atoms with van der Waals surface area (Å²) in [5.41, 5.74) is 6.98. The summed E-state index contributed by atoms with van der Waals surface area (Å²) < 4.78 is 10.7. The van der Waals surface area contributed by atoms with Crippen molar-refractivity contribution in [2.75, 3.05) is 31.3 Å². The van der Waals surface area contributed by atoms with Gasteiger partial charge in [0.05, 0.1) is 29.6 Å². The van der Waals surface area contributed by atoms with Gasteiger partial charge < -0.3 is 20.5 Å². The molecule has 0 saturated carbocycles. The Morgan fingerprint density at radius 1 is 1.42 bits per heavy atom. The molecule has 0 radical (unpaired) electrons. The largest absolute Gasteiger partial charge is 0.495 e. The minimum absolute atomic E-state index is 0.0802. The van der Waals surface area contributed by atoms with Crippen LogP contribution in [0.15, 0.2) is 16.6 Å². The molecule has 0 aromatic heterocycles. The number of halogens is 1. The van der Waals surface area contributed by atoms with Crippen molar-refractivity contribution in [1.82, 2.24) is 0 Å². The number of rotatable bonds is 5. The Kier molecular flexibility index (Phi) is 8.78. The molecule has 0 atom stereocenters. The number of nitrogen functional groups attached to an aromatic ring is 1. The van der Waals surface area contributed by atoms with E-state index >= 15 is 0 Å². The molecular weight excluding hydrogens is 312 g/mol. The summed E-state index contributed by atoms with van der Waals surface area (Å²) in [6, 6.07) is 3.44. The Morgan fingerprint density at radius 2 is 2.05 bits per heavy atom. The van der Waals surface area contributed by atoms with Crippen LogP contribution in [0.5, 0.6) is 5.75 Å². The molecule has 0 unspecified atom stereocenters. The van der Waals surface area contributed by atoms with Gasteiger partial charge in [-0.15, -0.1) is 0 Å². The van der Waals surface area contributed by atoms with E-state index in [1.807, 2.05) is 13.8 Å². The Labute approximate surface area is 122 Å². The molecule has 0 aliphatic carbocycles. The number of carbonyl (C=O) groups excluding carboxylic acids is 1. The third-order valence-electron chi connectivity index (χ3n) is 2.05. The molecule has 108 valence electrons. The van der Waals surface area contributed by atoms with Crippen molar-refractivity contribution < 1.29 is 14.3 Å². The van der Waals surface area contributed by atoms with Crippen LogP contribution in [-0.2, 0) is 9.53 Å². The van der Waals surface area contributed by atoms with Crippen molar-refractivity contribution in [3.63, 3.8) is 0 Å². The molecule has 5 nitrogen and oxygen atoms in total. The van der Waals surface area contributed by atoms with E-state index < -0.39 is 0 Å². The van der Waals surface area contributed by atoms with Gasteiger partial charge in [-0.1, -0.05) is 13.8 Å². The summed E-state index contributed by atoms with van der Waals surface area (Å²) in [7, 11) is 1.56. The topological polar surface area (TPSA) is 73.6 Å². The Hall–Kier alpha value is -1.43. The fourth-order valence-corrected chi connectivity index (χ4v) is 1.76. The van der Waals surface area contributed by atoms with Crippen molar-refractivity contribution in [1.29, 1.82) is 0 Å². The monoisotopic (exact) mass is 332 g/mol. The lowest BCUT2D eigenvalue weighted by atomic mass is 10.2. The van der Waals surface area contributed by atoms with Crippen LogP contribution in [0.1, 0.15) is 20.8 Å². The van der Waals surface area contributed by atoms with Crippen LogP contribution in [0.4, 0.5) is 11.4 Å².